The lowest BCUT2D eigenvalue weighted by molar-refractivity contribution is -0.138. The van der Waals surface area contributed by atoms with Crippen LogP contribution in [0.4, 0.5) is 0 Å². The summed E-state index contributed by atoms with van der Waals surface area (Å²) in [4.78, 5) is 13.8. The van der Waals surface area contributed by atoms with Crippen LogP contribution in [0.15, 0.2) is 0 Å². The Hall–Kier alpha value is -0.660. The predicted molar refractivity (Wildman–Crippen MR) is 68.6 cm³/mol. The van der Waals surface area contributed by atoms with Crippen molar-refractivity contribution in [2.45, 2.75) is 25.8 Å². The maximum absolute atomic E-state index is 12.0. The van der Waals surface area contributed by atoms with Crippen LogP contribution in [0.5, 0.6) is 0 Å². The number of hydrogen-bond donors (Lipinski definition) is 2. The first-order chi connectivity index (χ1) is 8.52. The van der Waals surface area contributed by atoms with Crippen molar-refractivity contribution in [3.05, 3.63) is 0 Å². The van der Waals surface area contributed by atoms with Gasteiger partial charge in [-0.3, -0.25) is 4.79 Å². The molecule has 0 aliphatic carbocycles. The molecule has 0 atom stereocenters. The zero-order valence-electron chi connectivity index (χ0n) is 10.7. The topological polar surface area (TPSA) is 78.5 Å². The lowest BCUT2D eigenvalue weighted by Crippen LogP contribution is -2.55. The van der Waals surface area contributed by atoms with Crippen molar-refractivity contribution in [3.63, 3.8) is 0 Å². The summed E-state index contributed by atoms with van der Waals surface area (Å²) in [6.07, 6.45) is 1.43. The fourth-order valence-corrected chi connectivity index (χ4v) is 3.19. The Bertz CT molecular complexity index is 398. The molecule has 0 saturated carbocycles. The van der Waals surface area contributed by atoms with Gasteiger partial charge < -0.3 is 10.2 Å². The highest BCUT2D eigenvalue weighted by Crippen LogP contribution is 2.16. The highest BCUT2D eigenvalue weighted by molar-refractivity contribution is 7.89. The van der Waals surface area contributed by atoms with Crippen LogP contribution in [0.3, 0.4) is 0 Å². The summed E-state index contributed by atoms with van der Waals surface area (Å²) < 4.78 is 25.6. The summed E-state index contributed by atoms with van der Waals surface area (Å²) in [5.74, 6) is 0.458. The molecule has 7 heteroatoms. The minimum absolute atomic E-state index is 0.0153. The van der Waals surface area contributed by atoms with Crippen molar-refractivity contribution in [1.82, 2.24) is 14.9 Å². The average Bonchev–Trinajstić information content (AvgIpc) is 2.27. The SMILES string of the molecule is CCS(=O)(=O)NC1CCN(C(=O)C2CNC2)CC1. The number of piperidine rings is 1. The molecule has 2 fully saturated rings. The Labute approximate surface area is 108 Å². The van der Waals surface area contributed by atoms with Crippen molar-refractivity contribution in [2.24, 2.45) is 5.92 Å². The van der Waals surface area contributed by atoms with Crippen LogP contribution in [0.25, 0.3) is 0 Å². The molecule has 2 aliphatic heterocycles. The second kappa shape index (κ2) is 5.54. The maximum Gasteiger partial charge on any atom is 0.228 e. The monoisotopic (exact) mass is 275 g/mol. The lowest BCUT2D eigenvalue weighted by Gasteiger charge is -2.37. The molecule has 6 nitrogen and oxygen atoms in total. The third-order valence-corrected chi connectivity index (χ3v) is 5.12. The van der Waals surface area contributed by atoms with Gasteiger partial charge in [0, 0.05) is 32.2 Å². The molecule has 0 spiro atoms. The third kappa shape index (κ3) is 3.21. The summed E-state index contributed by atoms with van der Waals surface area (Å²) >= 11 is 0. The number of likely N-dealkylation sites (tertiary alicyclic amines) is 1. The number of carbonyl (C=O) groups is 1. The van der Waals surface area contributed by atoms with Crippen LogP contribution in [0, 0.1) is 5.92 Å². The van der Waals surface area contributed by atoms with Crippen molar-refractivity contribution < 1.29 is 13.2 Å². The van der Waals surface area contributed by atoms with E-state index in [9.17, 15) is 13.2 Å². The van der Waals surface area contributed by atoms with Crippen molar-refractivity contribution in [3.8, 4) is 0 Å². The maximum atomic E-state index is 12.0. The molecule has 2 aliphatic rings. The van der Waals surface area contributed by atoms with Crippen molar-refractivity contribution in [2.75, 3.05) is 31.9 Å². The molecule has 0 unspecified atom stereocenters. The molecular formula is C11H21N3O3S. The Morgan fingerprint density at radius 3 is 2.39 bits per heavy atom. The summed E-state index contributed by atoms with van der Waals surface area (Å²) in [7, 11) is -3.13. The van der Waals surface area contributed by atoms with E-state index in [1.807, 2.05) is 4.90 Å². The van der Waals surface area contributed by atoms with Crippen LogP contribution in [0.1, 0.15) is 19.8 Å². The van der Waals surface area contributed by atoms with E-state index in [1.165, 1.54) is 0 Å². The molecule has 1 amide bonds. The molecule has 2 saturated heterocycles. The van der Waals surface area contributed by atoms with E-state index < -0.39 is 10.0 Å². The number of nitrogens with one attached hydrogen (secondary N) is 2. The van der Waals surface area contributed by atoms with E-state index in [4.69, 9.17) is 0 Å². The molecule has 0 radical (unpaired) electrons. The highest BCUT2D eigenvalue weighted by atomic mass is 32.2. The van der Waals surface area contributed by atoms with Crippen LogP contribution >= 0.6 is 0 Å². The molecule has 0 aromatic carbocycles. The van der Waals surface area contributed by atoms with Gasteiger partial charge in [0.1, 0.15) is 0 Å². The molecule has 0 bridgehead atoms. The Morgan fingerprint density at radius 2 is 1.94 bits per heavy atom. The number of rotatable bonds is 4. The molecule has 0 aromatic rings. The van der Waals surface area contributed by atoms with Gasteiger partial charge >= 0.3 is 0 Å². The van der Waals surface area contributed by atoms with E-state index >= 15 is 0 Å². The Balaban J connectivity index is 1.79. The van der Waals surface area contributed by atoms with Crippen LogP contribution in [-0.2, 0) is 14.8 Å². The van der Waals surface area contributed by atoms with E-state index in [0.717, 1.165) is 13.1 Å². The summed E-state index contributed by atoms with van der Waals surface area (Å²) in [5.41, 5.74) is 0. The lowest BCUT2D eigenvalue weighted by atomic mass is 9.99. The van der Waals surface area contributed by atoms with Gasteiger partial charge in [0.15, 0.2) is 0 Å². The van der Waals surface area contributed by atoms with Gasteiger partial charge in [-0.1, -0.05) is 0 Å². The first kappa shape index (κ1) is 13.8. The molecule has 2 N–H and O–H groups in total. The summed E-state index contributed by atoms with van der Waals surface area (Å²) in [6, 6.07) is -0.0153. The number of amides is 1. The van der Waals surface area contributed by atoms with Gasteiger partial charge in [0.25, 0.3) is 0 Å². The van der Waals surface area contributed by atoms with Gasteiger partial charge in [0.05, 0.1) is 11.7 Å². The minimum Gasteiger partial charge on any atom is -0.342 e. The molecule has 0 aromatic heterocycles. The molecule has 104 valence electrons. The Kier molecular flexibility index (Phi) is 4.24. The predicted octanol–water partition coefficient (Wildman–Crippen LogP) is -0.864. The third-order valence-electron chi connectivity index (χ3n) is 3.66. The smallest absolute Gasteiger partial charge is 0.228 e. The Morgan fingerprint density at radius 1 is 1.33 bits per heavy atom. The van der Waals surface area contributed by atoms with Crippen molar-refractivity contribution in [1.29, 1.82) is 0 Å². The van der Waals surface area contributed by atoms with E-state index in [2.05, 4.69) is 10.0 Å². The summed E-state index contributed by atoms with van der Waals surface area (Å²) in [6.45, 7) is 4.51. The van der Waals surface area contributed by atoms with E-state index in [-0.39, 0.29) is 23.6 Å². The first-order valence-corrected chi connectivity index (χ1v) is 8.16. The van der Waals surface area contributed by atoms with Crippen LogP contribution in [-0.4, -0.2) is 57.2 Å². The van der Waals surface area contributed by atoms with Crippen LogP contribution in [0.2, 0.25) is 0 Å². The first-order valence-electron chi connectivity index (χ1n) is 6.51. The quantitative estimate of drug-likeness (QED) is 0.699. The zero-order valence-corrected chi connectivity index (χ0v) is 11.5. The normalized spacial score (nSPS) is 22.8. The fourth-order valence-electron chi connectivity index (χ4n) is 2.28. The van der Waals surface area contributed by atoms with E-state index in [0.29, 0.717) is 25.9 Å². The number of hydrogen-bond acceptors (Lipinski definition) is 4. The van der Waals surface area contributed by atoms with Crippen molar-refractivity contribution >= 4 is 15.9 Å². The largest absolute Gasteiger partial charge is 0.342 e. The minimum atomic E-state index is -3.13. The molecular weight excluding hydrogens is 254 g/mol. The van der Waals surface area contributed by atoms with Gasteiger partial charge in [-0.2, -0.15) is 0 Å². The number of carbonyl (C=O) groups excluding carboxylic acids is 1. The highest BCUT2D eigenvalue weighted by Gasteiger charge is 2.32. The fraction of sp³-hybridized carbons (Fsp3) is 0.909. The number of nitrogens with zero attached hydrogens (tertiary/aromatic N) is 1. The van der Waals surface area contributed by atoms with Gasteiger partial charge in [-0.15, -0.1) is 0 Å². The zero-order chi connectivity index (χ0) is 13.2. The van der Waals surface area contributed by atoms with Gasteiger partial charge in [-0.25, -0.2) is 13.1 Å². The van der Waals surface area contributed by atoms with Crippen LogP contribution < -0.4 is 10.0 Å². The van der Waals surface area contributed by atoms with Gasteiger partial charge in [0.2, 0.25) is 15.9 Å². The summed E-state index contributed by atoms with van der Waals surface area (Å²) in [5, 5.41) is 3.09. The van der Waals surface area contributed by atoms with Gasteiger partial charge in [-0.05, 0) is 19.8 Å². The standard InChI is InChI=1S/C11H21N3O3S/c1-2-18(16,17)13-10-3-5-14(6-4-10)11(15)9-7-12-8-9/h9-10,12-13H,2-8H2,1H3. The molecule has 2 heterocycles. The second-order valence-corrected chi connectivity index (χ2v) is 7.02. The molecule has 18 heavy (non-hydrogen) atoms. The average molecular weight is 275 g/mol. The second-order valence-electron chi connectivity index (χ2n) is 4.98. The number of sulfonamides is 1. The van der Waals surface area contributed by atoms with E-state index in [1.54, 1.807) is 6.92 Å². The molecule has 2 rings (SSSR count).